The van der Waals surface area contributed by atoms with Crippen LogP contribution in [0.3, 0.4) is 0 Å². The summed E-state index contributed by atoms with van der Waals surface area (Å²) in [6, 6.07) is 0. The van der Waals surface area contributed by atoms with Gasteiger partial charge in [0.25, 0.3) is 0 Å². The smallest absolute Gasteiger partial charge is 0.186 e. The Hall–Kier alpha value is -1.28. The minimum absolute atomic E-state index is 0.112. The fraction of sp³-hybridized carbons (Fsp3) is 0.500. The van der Waals surface area contributed by atoms with Crippen molar-refractivity contribution in [1.29, 1.82) is 0 Å². The van der Waals surface area contributed by atoms with Crippen molar-refractivity contribution in [3.8, 4) is 0 Å². The SMILES string of the molecule is CCCNC(=S)NN=CC(C)=NNC(N)=S. The molecule has 0 fully saturated rings. The second kappa shape index (κ2) is 8.98. The van der Waals surface area contributed by atoms with Crippen molar-refractivity contribution in [3.63, 3.8) is 0 Å². The lowest BCUT2D eigenvalue weighted by molar-refractivity contribution is 0.817. The van der Waals surface area contributed by atoms with Crippen LogP contribution in [0.25, 0.3) is 0 Å². The van der Waals surface area contributed by atoms with Crippen molar-refractivity contribution >= 4 is 46.6 Å². The molecule has 0 bridgehead atoms. The van der Waals surface area contributed by atoms with Crippen LogP contribution in [0.2, 0.25) is 0 Å². The Morgan fingerprint density at radius 3 is 2.62 bits per heavy atom. The molecule has 5 N–H and O–H groups in total. The average molecular weight is 260 g/mol. The van der Waals surface area contributed by atoms with Crippen LogP contribution in [0.5, 0.6) is 0 Å². The maximum Gasteiger partial charge on any atom is 0.186 e. The summed E-state index contributed by atoms with van der Waals surface area (Å²) in [5.41, 5.74) is 10.9. The van der Waals surface area contributed by atoms with Crippen molar-refractivity contribution in [2.24, 2.45) is 15.9 Å². The molecule has 0 aromatic rings. The molecule has 0 unspecified atom stereocenters. The van der Waals surface area contributed by atoms with Gasteiger partial charge in [-0.05, 0) is 37.8 Å². The van der Waals surface area contributed by atoms with E-state index in [2.05, 4.69) is 45.5 Å². The average Bonchev–Trinajstić information content (AvgIpc) is 2.23. The highest BCUT2D eigenvalue weighted by atomic mass is 32.1. The largest absolute Gasteiger partial charge is 0.375 e. The molecule has 0 aromatic carbocycles. The first-order valence-electron chi connectivity index (χ1n) is 4.73. The van der Waals surface area contributed by atoms with Gasteiger partial charge in [0.2, 0.25) is 0 Å². The molecule has 0 aliphatic carbocycles. The first kappa shape index (κ1) is 14.7. The number of hydrazone groups is 2. The summed E-state index contributed by atoms with van der Waals surface area (Å²) in [6.45, 7) is 4.62. The second-order valence-electron chi connectivity index (χ2n) is 2.86. The fourth-order valence-corrected chi connectivity index (χ4v) is 0.835. The minimum atomic E-state index is 0.112. The van der Waals surface area contributed by atoms with E-state index in [1.807, 2.05) is 0 Å². The van der Waals surface area contributed by atoms with Gasteiger partial charge in [-0.1, -0.05) is 6.92 Å². The van der Waals surface area contributed by atoms with Crippen molar-refractivity contribution in [3.05, 3.63) is 0 Å². The molecule has 0 aromatic heterocycles. The molecular weight excluding hydrogens is 244 g/mol. The van der Waals surface area contributed by atoms with Crippen molar-refractivity contribution in [2.45, 2.75) is 20.3 Å². The van der Waals surface area contributed by atoms with Crippen molar-refractivity contribution in [2.75, 3.05) is 6.54 Å². The van der Waals surface area contributed by atoms with Crippen LogP contribution in [0, 0.1) is 0 Å². The molecule has 8 heteroatoms. The van der Waals surface area contributed by atoms with E-state index in [9.17, 15) is 0 Å². The summed E-state index contributed by atoms with van der Waals surface area (Å²) in [4.78, 5) is 0. The number of nitrogens with two attached hydrogens (primary N) is 1. The van der Waals surface area contributed by atoms with Crippen LogP contribution in [0.4, 0.5) is 0 Å². The maximum atomic E-state index is 5.19. The predicted octanol–water partition coefficient (Wildman–Crippen LogP) is 0.0554. The van der Waals surface area contributed by atoms with E-state index in [1.165, 1.54) is 6.21 Å². The monoisotopic (exact) mass is 260 g/mol. The van der Waals surface area contributed by atoms with Gasteiger partial charge in [0.15, 0.2) is 10.2 Å². The normalized spacial score (nSPS) is 11.2. The Kier molecular flexibility index (Phi) is 8.26. The lowest BCUT2D eigenvalue weighted by Crippen LogP contribution is -2.32. The van der Waals surface area contributed by atoms with Gasteiger partial charge in [0, 0.05) is 6.54 Å². The first-order chi connectivity index (χ1) is 7.56. The number of thiocarbonyl (C=S) groups is 2. The van der Waals surface area contributed by atoms with Gasteiger partial charge in [-0.3, -0.25) is 10.9 Å². The topological polar surface area (TPSA) is 86.8 Å². The molecule has 90 valence electrons. The van der Waals surface area contributed by atoms with Gasteiger partial charge in [-0.25, -0.2) is 0 Å². The molecule has 0 heterocycles. The third-order valence-electron chi connectivity index (χ3n) is 1.30. The molecule has 0 spiro atoms. The zero-order valence-electron chi connectivity index (χ0n) is 9.28. The Morgan fingerprint density at radius 2 is 2.06 bits per heavy atom. The van der Waals surface area contributed by atoms with Gasteiger partial charge in [0.1, 0.15) is 0 Å². The van der Waals surface area contributed by atoms with Gasteiger partial charge in [-0.15, -0.1) is 0 Å². The Bertz CT molecular complexity index is 299. The van der Waals surface area contributed by atoms with Crippen molar-refractivity contribution in [1.82, 2.24) is 16.2 Å². The minimum Gasteiger partial charge on any atom is -0.375 e. The lowest BCUT2D eigenvalue weighted by atomic mass is 10.5. The van der Waals surface area contributed by atoms with E-state index >= 15 is 0 Å². The number of rotatable bonds is 5. The summed E-state index contributed by atoms with van der Waals surface area (Å²) in [6.07, 6.45) is 2.51. The van der Waals surface area contributed by atoms with Gasteiger partial charge in [0.05, 0.1) is 11.9 Å². The maximum absolute atomic E-state index is 5.19. The van der Waals surface area contributed by atoms with Gasteiger partial charge >= 0.3 is 0 Å². The quantitative estimate of drug-likeness (QED) is 0.318. The summed E-state index contributed by atoms with van der Waals surface area (Å²) in [7, 11) is 0. The third-order valence-corrected chi connectivity index (χ3v) is 1.62. The first-order valence-corrected chi connectivity index (χ1v) is 5.54. The highest BCUT2D eigenvalue weighted by Crippen LogP contribution is 1.73. The van der Waals surface area contributed by atoms with Gasteiger partial charge < -0.3 is 11.1 Å². The zero-order valence-corrected chi connectivity index (χ0v) is 10.9. The molecule has 0 amide bonds. The molecule has 0 atom stereocenters. The van der Waals surface area contributed by atoms with E-state index in [-0.39, 0.29) is 5.11 Å². The summed E-state index contributed by atoms with van der Waals surface area (Å²) in [5.74, 6) is 0. The molecule has 6 nitrogen and oxygen atoms in total. The van der Waals surface area contributed by atoms with Crippen LogP contribution >= 0.6 is 24.4 Å². The Labute approximate surface area is 106 Å². The third kappa shape index (κ3) is 9.28. The van der Waals surface area contributed by atoms with E-state index in [1.54, 1.807) is 6.92 Å². The Balaban J connectivity index is 3.86. The standard InChI is InChI=1S/C8H16N6S2/c1-3-4-10-8(16)14-11-5-6(2)12-13-7(9)15/h5H,3-4H2,1-2H3,(H3,9,13,15)(H2,10,14,16). The molecule has 0 saturated heterocycles. The Morgan fingerprint density at radius 1 is 1.38 bits per heavy atom. The van der Waals surface area contributed by atoms with Crippen LogP contribution in [0.15, 0.2) is 10.2 Å². The highest BCUT2D eigenvalue weighted by molar-refractivity contribution is 7.80. The van der Waals surface area contributed by atoms with E-state index < -0.39 is 0 Å². The van der Waals surface area contributed by atoms with E-state index in [0.717, 1.165) is 13.0 Å². The molecule has 16 heavy (non-hydrogen) atoms. The van der Waals surface area contributed by atoms with Crippen LogP contribution < -0.4 is 21.9 Å². The summed E-state index contributed by atoms with van der Waals surface area (Å²) >= 11 is 9.53. The van der Waals surface area contributed by atoms with E-state index in [4.69, 9.17) is 18.0 Å². The number of nitrogens with one attached hydrogen (secondary N) is 3. The molecular formula is C8H16N6S2. The summed E-state index contributed by atoms with van der Waals surface area (Å²) in [5, 5.41) is 11.3. The predicted molar refractivity (Wildman–Crippen MR) is 75.5 cm³/mol. The van der Waals surface area contributed by atoms with Gasteiger partial charge in [-0.2, -0.15) is 10.2 Å². The van der Waals surface area contributed by atoms with Crippen LogP contribution in [-0.4, -0.2) is 28.7 Å². The summed E-state index contributed by atoms with van der Waals surface area (Å²) < 4.78 is 0. The second-order valence-corrected chi connectivity index (χ2v) is 3.70. The zero-order chi connectivity index (χ0) is 12.4. The van der Waals surface area contributed by atoms with Crippen LogP contribution in [-0.2, 0) is 0 Å². The number of hydrogen-bond acceptors (Lipinski definition) is 4. The van der Waals surface area contributed by atoms with Crippen LogP contribution in [0.1, 0.15) is 20.3 Å². The lowest BCUT2D eigenvalue weighted by Gasteiger charge is -2.04. The molecule has 0 aliphatic rings. The highest BCUT2D eigenvalue weighted by Gasteiger charge is 1.90. The van der Waals surface area contributed by atoms with E-state index in [0.29, 0.717) is 10.8 Å². The number of nitrogens with zero attached hydrogens (tertiary/aromatic N) is 2. The molecule has 0 radical (unpaired) electrons. The number of hydrogen-bond donors (Lipinski definition) is 4. The van der Waals surface area contributed by atoms with Crippen molar-refractivity contribution < 1.29 is 0 Å². The molecule has 0 aliphatic heterocycles. The fourth-order valence-electron chi connectivity index (χ4n) is 0.635. The molecule has 0 rings (SSSR count). The molecule has 0 saturated carbocycles.